The van der Waals surface area contributed by atoms with Gasteiger partial charge in [-0.2, -0.15) is 0 Å². The first-order valence-electron chi connectivity index (χ1n) is 9.52. The molecule has 1 unspecified atom stereocenters. The average Bonchev–Trinajstić information content (AvgIpc) is 3.14. The van der Waals surface area contributed by atoms with Crippen molar-refractivity contribution in [2.75, 3.05) is 24.5 Å². The topological polar surface area (TPSA) is 99.8 Å². The minimum absolute atomic E-state index is 0. The zero-order valence-electron chi connectivity index (χ0n) is 16.7. The van der Waals surface area contributed by atoms with Crippen molar-refractivity contribution >= 4 is 57.2 Å². The molecule has 2 aromatic carbocycles. The van der Waals surface area contributed by atoms with E-state index in [0.29, 0.717) is 6.54 Å². The maximum Gasteiger partial charge on any atom is 0.238 e. The van der Waals surface area contributed by atoms with Crippen LogP contribution in [0.15, 0.2) is 58.4 Å². The van der Waals surface area contributed by atoms with E-state index in [2.05, 4.69) is 26.6 Å². The predicted molar refractivity (Wildman–Crippen MR) is 133 cm³/mol. The number of hydrogen-bond donors (Lipinski definition) is 3. The molecule has 0 aromatic heterocycles. The summed E-state index contributed by atoms with van der Waals surface area (Å²) >= 11 is 6.11. The van der Waals surface area contributed by atoms with E-state index in [9.17, 15) is 8.42 Å². The minimum Gasteiger partial charge on any atom is -0.369 e. The van der Waals surface area contributed by atoms with Crippen LogP contribution in [0.25, 0.3) is 0 Å². The molecular weight excluding hydrogens is 537 g/mol. The zero-order valence-corrected chi connectivity index (χ0v) is 20.6. The molecule has 0 bridgehead atoms. The Morgan fingerprint density at radius 3 is 2.63 bits per heavy atom. The number of rotatable bonds is 6. The molecule has 1 atom stereocenters. The van der Waals surface area contributed by atoms with Crippen LogP contribution in [0, 0.1) is 0 Å². The normalized spacial score (nSPS) is 16.8. The number of nitrogens with two attached hydrogens (primary N) is 1. The van der Waals surface area contributed by atoms with Crippen LogP contribution >= 0.6 is 35.6 Å². The van der Waals surface area contributed by atoms with E-state index in [1.54, 1.807) is 12.1 Å². The highest BCUT2D eigenvalue weighted by Crippen LogP contribution is 2.23. The highest BCUT2D eigenvalue weighted by Gasteiger charge is 2.23. The summed E-state index contributed by atoms with van der Waals surface area (Å²) in [6.45, 7) is 5.02. The number of nitrogens with zero attached hydrogens (tertiary/aromatic N) is 2. The van der Waals surface area contributed by atoms with Crippen molar-refractivity contribution in [3.8, 4) is 0 Å². The minimum atomic E-state index is -3.68. The predicted octanol–water partition coefficient (Wildman–Crippen LogP) is 2.94. The van der Waals surface area contributed by atoms with Gasteiger partial charge in [0.25, 0.3) is 0 Å². The number of primary sulfonamides is 1. The van der Waals surface area contributed by atoms with Gasteiger partial charge in [0, 0.05) is 36.4 Å². The quantitative estimate of drug-likeness (QED) is 0.285. The summed E-state index contributed by atoms with van der Waals surface area (Å²) in [5.41, 5.74) is 2.03. The molecule has 164 valence electrons. The Labute approximate surface area is 200 Å². The van der Waals surface area contributed by atoms with Gasteiger partial charge in [-0.05, 0) is 49.2 Å². The van der Waals surface area contributed by atoms with Crippen molar-refractivity contribution in [1.82, 2.24) is 10.6 Å². The van der Waals surface area contributed by atoms with Crippen LogP contribution in [0.2, 0.25) is 5.02 Å². The number of halogens is 2. The molecule has 3 rings (SSSR count). The smallest absolute Gasteiger partial charge is 0.238 e. The van der Waals surface area contributed by atoms with Crippen LogP contribution in [-0.2, 0) is 16.6 Å². The van der Waals surface area contributed by atoms with Crippen LogP contribution < -0.4 is 20.7 Å². The number of benzene rings is 2. The van der Waals surface area contributed by atoms with E-state index < -0.39 is 10.0 Å². The lowest BCUT2D eigenvalue weighted by Gasteiger charge is -2.20. The van der Waals surface area contributed by atoms with Gasteiger partial charge in [0.1, 0.15) is 0 Å². The summed E-state index contributed by atoms with van der Waals surface area (Å²) in [4.78, 5) is 7.03. The van der Waals surface area contributed by atoms with Gasteiger partial charge in [-0.15, -0.1) is 24.0 Å². The Balaban J connectivity index is 0.00000320. The molecule has 1 aliphatic heterocycles. The zero-order chi connectivity index (χ0) is 20.9. The Bertz CT molecular complexity index is 969. The SMILES string of the molecule is CCNC(=NCc1ccc(S(N)(=O)=O)cc1)NC1CCN(c2cccc(Cl)c2)C1.I. The maximum absolute atomic E-state index is 11.4. The second-order valence-electron chi connectivity index (χ2n) is 6.94. The van der Waals surface area contributed by atoms with Gasteiger partial charge < -0.3 is 15.5 Å². The lowest BCUT2D eigenvalue weighted by molar-refractivity contribution is 0.597. The van der Waals surface area contributed by atoms with Crippen molar-refractivity contribution in [2.24, 2.45) is 10.1 Å². The third kappa shape index (κ3) is 7.00. The summed E-state index contributed by atoms with van der Waals surface area (Å²) in [6, 6.07) is 14.6. The molecule has 1 saturated heterocycles. The van der Waals surface area contributed by atoms with Crippen molar-refractivity contribution in [2.45, 2.75) is 30.8 Å². The van der Waals surface area contributed by atoms with Crippen molar-refractivity contribution in [3.05, 3.63) is 59.1 Å². The fourth-order valence-corrected chi connectivity index (χ4v) is 3.95. The molecule has 30 heavy (non-hydrogen) atoms. The molecule has 0 amide bonds. The van der Waals surface area contributed by atoms with Gasteiger partial charge in [-0.3, -0.25) is 0 Å². The fourth-order valence-electron chi connectivity index (χ4n) is 3.25. The molecule has 1 fully saturated rings. The lowest BCUT2D eigenvalue weighted by atomic mass is 10.2. The Kier molecular flexibility index (Phi) is 9.20. The first-order chi connectivity index (χ1) is 13.8. The highest BCUT2D eigenvalue weighted by molar-refractivity contribution is 14.0. The van der Waals surface area contributed by atoms with E-state index in [-0.39, 0.29) is 34.9 Å². The number of sulfonamides is 1. The number of hydrogen-bond acceptors (Lipinski definition) is 4. The molecule has 7 nitrogen and oxygen atoms in total. The van der Waals surface area contributed by atoms with Gasteiger partial charge in [0.2, 0.25) is 10.0 Å². The highest BCUT2D eigenvalue weighted by atomic mass is 127. The third-order valence-electron chi connectivity index (χ3n) is 4.72. The fraction of sp³-hybridized carbons (Fsp3) is 0.350. The molecule has 0 aliphatic carbocycles. The first kappa shape index (κ1) is 24.7. The average molecular weight is 564 g/mol. The van der Waals surface area contributed by atoms with Gasteiger partial charge in [-0.25, -0.2) is 18.5 Å². The van der Waals surface area contributed by atoms with Gasteiger partial charge in [0.15, 0.2) is 5.96 Å². The molecule has 1 heterocycles. The molecule has 4 N–H and O–H groups in total. The standard InChI is InChI=1S/C20H26ClN5O2S.HI/c1-2-23-20(24-13-15-6-8-19(9-7-15)29(22,27)28)25-17-10-11-26(14-17)18-5-3-4-16(21)12-18;/h3-9,12,17H,2,10-11,13-14H2,1H3,(H2,22,27,28)(H2,23,24,25);1H. The second-order valence-corrected chi connectivity index (χ2v) is 8.94. The summed E-state index contributed by atoms with van der Waals surface area (Å²) in [5.74, 6) is 0.737. The molecule has 0 saturated carbocycles. The van der Waals surface area contributed by atoms with Crippen LogP contribution in [0.4, 0.5) is 5.69 Å². The Hall–Kier alpha value is -1.56. The second kappa shape index (κ2) is 11.2. The third-order valence-corrected chi connectivity index (χ3v) is 5.88. The van der Waals surface area contributed by atoms with Crippen LogP contribution in [-0.4, -0.2) is 40.1 Å². The maximum atomic E-state index is 11.4. The van der Waals surface area contributed by atoms with E-state index in [0.717, 1.165) is 48.3 Å². The van der Waals surface area contributed by atoms with E-state index in [1.165, 1.54) is 12.1 Å². The monoisotopic (exact) mass is 563 g/mol. The lowest BCUT2D eigenvalue weighted by Crippen LogP contribution is -2.44. The number of aliphatic imine (C=N–C) groups is 1. The molecule has 0 spiro atoms. The molecule has 1 aliphatic rings. The summed E-state index contributed by atoms with van der Waals surface area (Å²) in [6.07, 6.45) is 1.000. The van der Waals surface area contributed by atoms with Gasteiger partial charge >= 0.3 is 0 Å². The molecular formula is C20H27ClIN5O2S. The number of nitrogens with one attached hydrogen (secondary N) is 2. The van der Waals surface area contributed by atoms with Gasteiger partial charge in [0.05, 0.1) is 11.4 Å². The van der Waals surface area contributed by atoms with Gasteiger partial charge in [-0.1, -0.05) is 29.8 Å². The number of guanidine groups is 1. The summed E-state index contributed by atoms with van der Waals surface area (Å²) in [5, 5.41) is 12.6. The molecule has 10 heteroatoms. The van der Waals surface area contributed by atoms with Crippen molar-refractivity contribution < 1.29 is 8.42 Å². The van der Waals surface area contributed by atoms with E-state index in [4.69, 9.17) is 16.7 Å². The van der Waals surface area contributed by atoms with Crippen LogP contribution in [0.3, 0.4) is 0 Å². The largest absolute Gasteiger partial charge is 0.369 e. The molecule has 0 radical (unpaired) electrons. The van der Waals surface area contributed by atoms with Crippen LogP contribution in [0.5, 0.6) is 0 Å². The van der Waals surface area contributed by atoms with E-state index in [1.807, 2.05) is 25.1 Å². The summed E-state index contributed by atoms with van der Waals surface area (Å²) in [7, 11) is -3.68. The molecule has 2 aromatic rings. The number of anilines is 1. The Morgan fingerprint density at radius 2 is 2.00 bits per heavy atom. The summed E-state index contributed by atoms with van der Waals surface area (Å²) < 4.78 is 22.7. The van der Waals surface area contributed by atoms with Crippen molar-refractivity contribution in [1.29, 1.82) is 0 Å². The van der Waals surface area contributed by atoms with E-state index >= 15 is 0 Å². The van der Waals surface area contributed by atoms with Crippen LogP contribution in [0.1, 0.15) is 18.9 Å². The Morgan fingerprint density at radius 1 is 1.27 bits per heavy atom. The van der Waals surface area contributed by atoms with Crippen molar-refractivity contribution in [3.63, 3.8) is 0 Å². The first-order valence-corrected chi connectivity index (χ1v) is 11.4.